The Morgan fingerprint density at radius 1 is 0.909 bits per heavy atom. The van der Waals surface area contributed by atoms with Crippen molar-refractivity contribution in [3.63, 3.8) is 0 Å². The zero-order valence-corrected chi connectivity index (χ0v) is 21.1. The van der Waals surface area contributed by atoms with Crippen LogP contribution in [0, 0.1) is 5.92 Å². The number of carbonyl (C=O) groups excluding carboxylic acids is 2. The van der Waals surface area contributed by atoms with Gasteiger partial charge in [-0.25, -0.2) is 15.0 Å². The maximum absolute atomic E-state index is 13.4. The van der Waals surface area contributed by atoms with Crippen molar-refractivity contribution in [1.82, 2.24) is 10.3 Å². The van der Waals surface area contributed by atoms with Gasteiger partial charge in [0.15, 0.2) is 5.01 Å². The Labute approximate surface area is 202 Å². The molecular formula is C26H36N2O3S2. The van der Waals surface area contributed by atoms with Gasteiger partial charge in [0.05, 0.1) is 21.5 Å². The molecular weight excluding hydrogens is 452 g/mol. The highest BCUT2D eigenvalue weighted by molar-refractivity contribution is 8.34. The molecule has 5 nitrogen and oxygen atoms in total. The molecule has 1 N–H and O–H groups in total. The van der Waals surface area contributed by atoms with E-state index >= 15 is 0 Å². The lowest BCUT2D eigenvalue weighted by Gasteiger charge is -2.44. The van der Waals surface area contributed by atoms with Gasteiger partial charge in [0.2, 0.25) is 0 Å². The van der Waals surface area contributed by atoms with E-state index in [9.17, 15) is 9.59 Å². The number of para-hydroxylation sites is 1. The number of rotatable bonds is 4. The molecule has 1 saturated carbocycles. The minimum absolute atomic E-state index is 0.0655. The van der Waals surface area contributed by atoms with Gasteiger partial charge in [-0.05, 0) is 74.3 Å². The van der Waals surface area contributed by atoms with Crippen LogP contribution in [-0.2, 0) is 9.53 Å². The van der Waals surface area contributed by atoms with E-state index < -0.39 is 10.0 Å². The van der Waals surface area contributed by atoms with Crippen molar-refractivity contribution in [3.8, 4) is 0 Å². The van der Waals surface area contributed by atoms with Gasteiger partial charge < -0.3 is 10.1 Å². The van der Waals surface area contributed by atoms with E-state index in [2.05, 4.69) is 10.3 Å². The van der Waals surface area contributed by atoms with Crippen molar-refractivity contribution in [2.24, 2.45) is 5.92 Å². The van der Waals surface area contributed by atoms with E-state index in [1.807, 2.05) is 24.3 Å². The number of nitrogens with zero attached hydrogens (tertiary/aromatic N) is 1. The van der Waals surface area contributed by atoms with Gasteiger partial charge in [-0.2, -0.15) is 0 Å². The Bertz CT molecular complexity index is 944. The summed E-state index contributed by atoms with van der Waals surface area (Å²) >= 11 is 1.44. The maximum Gasteiger partial charge on any atom is 0.312 e. The normalized spacial score (nSPS) is 27.0. The van der Waals surface area contributed by atoms with Gasteiger partial charge in [-0.3, -0.25) is 9.59 Å². The number of thiazole rings is 1. The zero-order chi connectivity index (χ0) is 22.7. The fraction of sp³-hybridized carbons (Fsp3) is 0.654. The molecule has 0 radical (unpaired) electrons. The highest BCUT2D eigenvalue weighted by Gasteiger charge is 2.49. The molecule has 2 saturated heterocycles. The summed E-state index contributed by atoms with van der Waals surface area (Å²) < 4.78 is 7.06. The van der Waals surface area contributed by atoms with Gasteiger partial charge in [-0.15, -0.1) is 11.3 Å². The van der Waals surface area contributed by atoms with Crippen molar-refractivity contribution >= 4 is 43.5 Å². The van der Waals surface area contributed by atoms with Crippen LogP contribution in [0.1, 0.15) is 80.4 Å². The van der Waals surface area contributed by atoms with Crippen molar-refractivity contribution < 1.29 is 14.3 Å². The molecule has 1 amide bonds. The van der Waals surface area contributed by atoms with Crippen LogP contribution in [0.4, 0.5) is 0 Å². The number of carbonyl (C=O) groups is 2. The second-order valence-corrected chi connectivity index (χ2v) is 15.0. The molecule has 1 aliphatic carbocycles. The Kier molecular flexibility index (Phi) is 7.26. The van der Waals surface area contributed by atoms with Crippen LogP contribution >= 0.6 is 21.4 Å². The molecule has 0 bridgehead atoms. The maximum atomic E-state index is 13.4. The minimum Gasteiger partial charge on any atom is -0.462 e. The highest BCUT2D eigenvalue weighted by Crippen LogP contribution is 2.62. The first-order valence-corrected chi connectivity index (χ1v) is 15.8. The van der Waals surface area contributed by atoms with E-state index in [-0.39, 0.29) is 29.3 Å². The van der Waals surface area contributed by atoms with Gasteiger partial charge in [0.1, 0.15) is 6.10 Å². The number of benzene rings is 1. The Hall–Kier alpha value is -1.60. The van der Waals surface area contributed by atoms with E-state index in [0.717, 1.165) is 48.1 Å². The summed E-state index contributed by atoms with van der Waals surface area (Å²) in [5, 5.41) is 3.80. The summed E-state index contributed by atoms with van der Waals surface area (Å²) in [6.07, 6.45) is 12.7. The predicted molar refractivity (Wildman–Crippen MR) is 137 cm³/mol. The molecule has 2 unspecified atom stereocenters. The molecule has 7 heteroatoms. The van der Waals surface area contributed by atoms with Crippen LogP contribution in [0.25, 0.3) is 10.2 Å². The average Bonchev–Trinajstić information content (AvgIpc) is 3.40. The molecule has 1 aromatic carbocycles. The Balaban J connectivity index is 1.38. The van der Waals surface area contributed by atoms with Crippen molar-refractivity contribution in [2.45, 2.75) is 82.1 Å². The lowest BCUT2D eigenvalue weighted by molar-refractivity contribution is -0.155. The first-order chi connectivity index (χ1) is 16.1. The van der Waals surface area contributed by atoms with Gasteiger partial charge in [0.25, 0.3) is 5.91 Å². The van der Waals surface area contributed by atoms with E-state index in [4.69, 9.17) is 4.74 Å². The second kappa shape index (κ2) is 10.3. The predicted octanol–water partition coefficient (Wildman–Crippen LogP) is 6.02. The van der Waals surface area contributed by atoms with Crippen LogP contribution in [0.2, 0.25) is 0 Å². The standard InChI is InChI=1S/C26H36N2O3S2/c29-23(24-27-21-13-7-8-14-22(21)32-24)28-25-20(26(30)31-19-11-5-4-6-12-19)15-18-33(25)16-9-2-1-3-10-17-33/h7-8,13-14,19-20,25H,1-6,9-12,15-18H2,(H,28,29). The van der Waals surface area contributed by atoms with E-state index in [1.165, 1.54) is 61.4 Å². The molecule has 3 aliphatic rings. The minimum atomic E-state index is -1.09. The molecule has 2 atom stereocenters. The third-order valence-corrected chi connectivity index (χ3v) is 13.6. The Morgan fingerprint density at radius 3 is 2.36 bits per heavy atom. The van der Waals surface area contributed by atoms with Crippen LogP contribution in [0.5, 0.6) is 0 Å². The summed E-state index contributed by atoms with van der Waals surface area (Å²) in [6.45, 7) is 0. The first kappa shape index (κ1) is 23.2. The number of nitrogens with one attached hydrogen (secondary N) is 1. The molecule has 3 heterocycles. The van der Waals surface area contributed by atoms with Crippen LogP contribution in [0.3, 0.4) is 0 Å². The lowest BCUT2D eigenvalue weighted by atomic mass is 9.97. The van der Waals surface area contributed by atoms with Crippen molar-refractivity contribution in [2.75, 3.05) is 17.3 Å². The largest absolute Gasteiger partial charge is 0.462 e. The van der Waals surface area contributed by atoms with E-state index in [1.54, 1.807) is 0 Å². The Morgan fingerprint density at radius 2 is 1.61 bits per heavy atom. The van der Waals surface area contributed by atoms with Gasteiger partial charge in [0, 0.05) is 0 Å². The van der Waals surface area contributed by atoms with Crippen LogP contribution in [-0.4, -0.2) is 45.6 Å². The molecule has 1 aromatic heterocycles. The molecule has 180 valence electrons. The molecule has 5 rings (SSSR count). The number of ether oxygens (including phenoxy) is 1. The summed E-state index contributed by atoms with van der Waals surface area (Å²) in [6, 6.07) is 7.88. The zero-order valence-electron chi connectivity index (χ0n) is 19.4. The number of aromatic nitrogens is 1. The van der Waals surface area contributed by atoms with Crippen LogP contribution in [0.15, 0.2) is 24.3 Å². The average molecular weight is 489 g/mol. The number of fused-ring (bicyclic) bond motifs is 1. The fourth-order valence-corrected chi connectivity index (χ4v) is 11.7. The second-order valence-electron chi connectivity index (χ2n) is 9.97. The smallest absolute Gasteiger partial charge is 0.312 e. The first-order valence-electron chi connectivity index (χ1n) is 12.8. The molecule has 33 heavy (non-hydrogen) atoms. The molecule has 3 fully saturated rings. The highest BCUT2D eigenvalue weighted by atomic mass is 32.3. The summed E-state index contributed by atoms with van der Waals surface area (Å²) in [5.74, 6) is 3.04. The summed E-state index contributed by atoms with van der Waals surface area (Å²) in [7, 11) is -1.09. The monoisotopic (exact) mass is 488 g/mol. The van der Waals surface area contributed by atoms with Crippen molar-refractivity contribution in [3.05, 3.63) is 29.3 Å². The fourth-order valence-electron chi connectivity index (χ4n) is 5.92. The number of hydrogen-bond acceptors (Lipinski definition) is 5. The van der Waals surface area contributed by atoms with Crippen molar-refractivity contribution in [1.29, 1.82) is 0 Å². The third-order valence-electron chi connectivity index (χ3n) is 7.74. The number of amides is 1. The topological polar surface area (TPSA) is 68.3 Å². The van der Waals surface area contributed by atoms with Gasteiger partial charge >= 0.3 is 5.97 Å². The number of hydrogen-bond donors (Lipinski definition) is 1. The summed E-state index contributed by atoms with van der Waals surface area (Å²) in [4.78, 5) is 31.4. The molecule has 1 spiro atoms. The van der Waals surface area contributed by atoms with Gasteiger partial charge in [-0.1, -0.05) is 37.8 Å². The molecule has 2 aliphatic heterocycles. The number of esters is 1. The quantitative estimate of drug-likeness (QED) is 0.535. The van der Waals surface area contributed by atoms with E-state index in [0.29, 0.717) is 5.01 Å². The summed E-state index contributed by atoms with van der Waals surface area (Å²) in [5.41, 5.74) is 0.861. The lowest BCUT2D eigenvalue weighted by Crippen LogP contribution is -2.45. The molecule has 2 aromatic rings. The third kappa shape index (κ3) is 5.09. The SMILES string of the molecule is O=C(NC1C(C(=O)OC2CCCCC2)CCS12CCCCCCC2)c1nc2ccccc2s1. The van der Waals surface area contributed by atoms with Crippen LogP contribution < -0.4 is 5.32 Å².